The van der Waals surface area contributed by atoms with Crippen molar-refractivity contribution in [3.63, 3.8) is 0 Å². The topological polar surface area (TPSA) is 60.2 Å². The van der Waals surface area contributed by atoms with Crippen LogP contribution in [0.4, 0.5) is 13.2 Å². The number of hydrogen-bond donors (Lipinski definition) is 1. The van der Waals surface area contributed by atoms with Crippen LogP contribution < -0.4 is 5.32 Å². The minimum absolute atomic E-state index is 0.0840. The van der Waals surface area contributed by atoms with E-state index in [2.05, 4.69) is 55.4 Å². The number of nitrogens with one attached hydrogen (secondary N) is 1. The summed E-state index contributed by atoms with van der Waals surface area (Å²) in [5.74, 6) is 0.470. The van der Waals surface area contributed by atoms with E-state index in [9.17, 15) is 13.2 Å². The largest absolute Gasteiger partial charge is 0.426 e. The molecule has 0 unspecified atom stereocenters. The number of aromatic nitrogens is 2. The van der Waals surface area contributed by atoms with Gasteiger partial charge in [0.2, 0.25) is 5.82 Å². The maximum Gasteiger partial charge on any atom is 0.426 e. The number of nitrogens with zero attached hydrogens (tertiary/aromatic N) is 2. The van der Waals surface area contributed by atoms with Gasteiger partial charge in [0.15, 0.2) is 8.32 Å². The quantitative estimate of drug-likeness (QED) is 0.165. The Morgan fingerprint density at radius 3 is 2.50 bits per heavy atom. The average molecular weight is 586 g/mol. The Balaban J connectivity index is 1.34. The van der Waals surface area contributed by atoms with Gasteiger partial charge in [-0.05, 0) is 53.7 Å². The highest BCUT2D eigenvalue weighted by molar-refractivity contribution is 7.16. The van der Waals surface area contributed by atoms with E-state index in [-0.39, 0.29) is 22.5 Å². The van der Waals surface area contributed by atoms with Crippen LogP contribution in [0, 0.1) is 0 Å². The molecule has 0 fully saturated rings. The van der Waals surface area contributed by atoms with Crippen LogP contribution >= 0.6 is 11.3 Å². The first kappa shape index (κ1) is 28.7. The van der Waals surface area contributed by atoms with Gasteiger partial charge in [-0.25, -0.2) is 0 Å². The molecule has 0 amide bonds. The predicted molar refractivity (Wildman–Crippen MR) is 156 cm³/mol. The lowest BCUT2D eigenvalue weighted by atomic mass is 10.0. The molecule has 1 aliphatic rings. The summed E-state index contributed by atoms with van der Waals surface area (Å²) in [6.45, 7) is 12.7. The van der Waals surface area contributed by atoms with Gasteiger partial charge >= 0.3 is 6.18 Å². The van der Waals surface area contributed by atoms with Gasteiger partial charge in [-0.15, -0.1) is 11.3 Å². The molecule has 1 N–H and O–H groups in total. The van der Waals surface area contributed by atoms with Crippen LogP contribution in [-0.4, -0.2) is 31.6 Å². The number of thiophene rings is 1. The molecule has 0 saturated heterocycles. The smallest absolute Gasteiger partial charge is 0.416 e. The molecule has 40 heavy (non-hydrogen) atoms. The Hall–Kier alpha value is -2.79. The van der Waals surface area contributed by atoms with Gasteiger partial charge in [0.1, 0.15) is 4.88 Å². The molecule has 5 nitrogen and oxygen atoms in total. The van der Waals surface area contributed by atoms with Crippen LogP contribution in [-0.2, 0) is 17.0 Å². The SMILES string of the molecule is CC(C)(C)[Si](C)(C)OCCN[C@@H]1CCc2c(-c3noc(-c4cc(-c5ccccc5)c(C(F)(F)F)s4)n3)cccc21. The highest BCUT2D eigenvalue weighted by atomic mass is 32.1. The lowest BCUT2D eigenvalue weighted by molar-refractivity contribution is -0.133. The number of hydrogen-bond acceptors (Lipinski definition) is 6. The Morgan fingerprint density at radius 2 is 1.80 bits per heavy atom. The molecule has 4 aromatic rings. The van der Waals surface area contributed by atoms with Crippen LogP contribution in [0.5, 0.6) is 0 Å². The third-order valence-electron chi connectivity index (χ3n) is 7.98. The van der Waals surface area contributed by atoms with E-state index in [1.165, 1.54) is 11.6 Å². The van der Waals surface area contributed by atoms with Gasteiger partial charge in [-0.1, -0.05) is 74.5 Å². The summed E-state index contributed by atoms with van der Waals surface area (Å²) in [5, 5.41) is 7.98. The Morgan fingerprint density at radius 1 is 1.05 bits per heavy atom. The van der Waals surface area contributed by atoms with Gasteiger partial charge in [-0.3, -0.25) is 0 Å². The monoisotopic (exact) mass is 585 g/mol. The molecule has 0 aliphatic heterocycles. The number of alkyl halides is 3. The van der Waals surface area contributed by atoms with E-state index in [1.807, 2.05) is 12.1 Å². The highest BCUT2D eigenvalue weighted by Crippen LogP contribution is 2.46. The normalized spacial score (nSPS) is 15.9. The van der Waals surface area contributed by atoms with Gasteiger partial charge in [0.05, 0.1) is 4.88 Å². The molecule has 0 bridgehead atoms. The lowest BCUT2D eigenvalue weighted by Crippen LogP contribution is -2.42. The second-order valence-corrected chi connectivity index (χ2v) is 17.5. The zero-order valence-electron chi connectivity index (χ0n) is 23.4. The summed E-state index contributed by atoms with van der Waals surface area (Å²) in [6, 6.07) is 16.3. The van der Waals surface area contributed by atoms with Crippen molar-refractivity contribution in [2.75, 3.05) is 13.2 Å². The molecule has 0 radical (unpaired) electrons. The van der Waals surface area contributed by atoms with Crippen molar-refractivity contribution in [1.82, 2.24) is 15.5 Å². The van der Waals surface area contributed by atoms with E-state index < -0.39 is 19.4 Å². The number of halogens is 3. The van der Waals surface area contributed by atoms with E-state index in [4.69, 9.17) is 8.95 Å². The minimum atomic E-state index is -4.49. The molecule has 0 saturated carbocycles. The Bertz CT molecular complexity index is 1480. The van der Waals surface area contributed by atoms with Gasteiger partial charge < -0.3 is 14.3 Å². The fourth-order valence-electron chi connectivity index (χ4n) is 4.80. The van der Waals surface area contributed by atoms with E-state index in [0.717, 1.165) is 30.5 Å². The molecular formula is C30H34F3N3O2SSi. The van der Waals surface area contributed by atoms with E-state index in [0.29, 0.717) is 34.2 Å². The maximum absolute atomic E-state index is 13.9. The summed E-state index contributed by atoms with van der Waals surface area (Å²) in [4.78, 5) is 4.15. The van der Waals surface area contributed by atoms with Crippen LogP contribution in [0.1, 0.15) is 49.2 Å². The molecule has 1 atom stereocenters. The van der Waals surface area contributed by atoms with Gasteiger partial charge in [0.25, 0.3) is 5.89 Å². The summed E-state index contributed by atoms with van der Waals surface area (Å²) in [6.07, 6.45) is -2.70. The van der Waals surface area contributed by atoms with Crippen molar-refractivity contribution in [3.05, 3.63) is 70.6 Å². The average Bonchev–Trinajstić information content (AvgIpc) is 3.64. The van der Waals surface area contributed by atoms with Crippen LogP contribution in [0.15, 0.2) is 59.1 Å². The van der Waals surface area contributed by atoms with Crippen LogP contribution in [0.25, 0.3) is 33.3 Å². The van der Waals surface area contributed by atoms with Crippen molar-refractivity contribution < 1.29 is 22.1 Å². The van der Waals surface area contributed by atoms with E-state index >= 15 is 0 Å². The zero-order valence-corrected chi connectivity index (χ0v) is 25.2. The first-order chi connectivity index (χ1) is 18.8. The Labute approximate surface area is 237 Å². The van der Waals surface area contributed by atoms with Crippen molar-refractivity contribution in [1.29, 1.82) is 0 Å². The third kappa shape index (κ3) is 5.81. The minimum Gasteiger partial charge on any atom is -0.416 e. The van der Waals surface area contributed by atoms with Gasteiger partial charge in [-0.2, -0.15) is 18.2 Å². The number of benzene rings is 2. The summed E-state index contributed by atoms with van der Waals surface area (Å²) in [7, 11) is -1.79. The molecule has 2 heterocycles. The highest BCUT2D eigenvalue weighted by Gasteiger charge is 2.38. The molecule has 10 heteroatoms. The number of rotatable bonds is 8. The van der Waals surface area contributed by atoms with Crippen molar-refractivity contribution >= 4 is 19.7 Å². The van der Waals surface area contributed by atoms with Gasteiger partial charge in [0, 0.05) is 30.3 Å². The molecular weight excluding hydrogens is 551 g/mol. The molecule has 2 aromatic carbocycles. The summed E-state index contributed by atoms with van der Waals surface area (Å²) < 4.78 is 53.4. The lowest BCUT2D eigenvalue weighted by Gasteiger charge is -2.36. The predicted octanol–water partition coefficient (Wildman–Crippen LogP) is 8.75. The molecule has 212 valence electrons. The second kappa shape index (κ2) is 10.9. The van der Waals surface area contributed by atoms with Crippen molar-refractivity contribution in [2.24, 2.45) is 0 Å². The van der Waals surface area contributed by atoms with Crippen LogP contribution in [0.2, 0.25) is 18.1 Å². The van der Waals surface area contributed by atoms with Crippen molar-refractivity contribution in [3.8, 4) is 33.3 Å². The molecule has 5 rings (SSSR count). The summed E-state index contributed by atoms with van der Waals surface area (Å²) >= 11 is 0.623. The standard InChI is InChI=1S/C30H34F3N3O2SSi/c1-29(2,3)40(4,5)37-17-16-34-24-15-14-20-21(24)12-9-13-22(20)27-35-28(38-36-27)25-18-23(19-10-7-6-8-11-19)26(39-25)30(31,32)33/h6-13,18,24,34H,14-17H2,1-5H3/t24-/m1/s1. The molecule has 1 aliphatic carbocycles. The zero-order chi connectivity index (χ0) is 28.7. The first-order valence-electron chi connectivity index (χ1n) is 13.5. The molecule has 2 aromatic heterocycles. The second-order valence-electron chi connectivity index (χ2n) is 11.7. The fraction of sp³-hybridized carbons (Fsp3) is 0.400. The molecule has 0 spiro atoms. The summed E-state index contributed by atoms with van der Waals surface area (Å²) in [5.41, 5.74) is 3.79. The fourth-order valence-corrected chi connectivity index (χ4v) is 6.82. The third-order valence-corrected chi connectivity index (χ3v) is 13.7. The van der Waals surface area contributed by atoms with E-state index in [1.54, 1.807) is 30.3 Å². The first-order valence-corrected chi connectivity index (χ1v) is 17.2. The number of fused-ring (bicyclic) bond motifs is 1. The Kier molecular flexibility index (Phi) is 7.82. The maximum atomic E-state index is 13.9. The van der Waals surface area contributed by atoms with Crippen molar-refractivity contribution in [2.45, 2.75) is 64.0 Å². The van der Waals surface area contributed by atoms with Crippen LogP contribution in [0.3, 0.4) is 0 Å².